The number of rotatable bonds is 7. The molecule has 53 heavy (non-hydrogen) atoms. The highest BCUT2D eigenvalue weighted by atomic mass is 16.4. The number of anilines is 3. The maximum absolute atomic E-state index is 6.61. The summed E-state index contributed by atoms with van der Waals surface area (Å²) in [5.74, 6) is 0.583. The number of benzene rings is 8. The quantitative estimate of drug-likeness (QED) is 0.168. The number of furan rings is 1. The predicted octanol–water partition coefficient (Wildman–Crippen LogP) is 13.9. The van der Waals surface area contributed by atoms with E-state index in [4.69, 9.17) is 13.8 Å². The molecule has 0 unspecified atom stereocenters. The Hall–Kier alpha value is -7.17. The largest absolute Gasteiger partial charge is 0.456 e. The van der Waals surface area contributed by atoms with Crippen LogP contribution in [0.5, 0.6) is 0 Å². The van der Waals surface area contributed by atoms with Gasteiger partial charge in [0.25, 0.3) is 0 Å². The second-order valence-corrected chi connectivity index (χ2v) is 13.2. The first kappa shape index (κ1) is 30.6. The van der Waals surface area contributed by atoms with E-state index < -0.39 is 0 Å². The normalized spacial score (nSPS) is 11.4. The highest BCUT2D eigenvalue weighted by Gasteiger charge is 2.22. The molecule has 2 aromatic heterocycles. The summed E-state index contributed by atoms with van der Waals surface area (Å²) >= 11 is 0. The van der Waals surface area contributed by atoms with E-state index in [-0.39, 0.29) is 0 Å². The van der Waals surface area contributed by atoms with Crippen molar-refractivity contribution < 1.29 is 8.83 Å². The summed E-state index contributed by atoms with van der Waals surface area (Å²) in [6.07, 6.45) is 0. The van der Waals surface area contributed by atoms with Gasteiger partial charge in [0, 0.05) is 45.0 Å². The van der Waals surface area contributed by atoms with Crippen LogP contribution in [0.1, 0.15) is 0 Å². The molecule has 10 aromatic rings. The van der Waals surface area contributed by atoms with Gasteiger partial charge in [0.15, 0.2) is 5.58 Å². The fourth-order valence-corrected chi connectivity index (χ4v) is 7.34. The summed E-state index contributed by atoms with van der Waals surface area (Å²) < 4.78 is 13.0. The van der Waals surface area contributed by atoms with Crippen molar-refractivity contribution in [3.63, 3.8) is 0 Å². The van der Waals surface area contributed by atoms with Gasteiger partial charge in [0.05, 0.1) is 0 Å². The second-order valence-electron chi connectivity index (χ2n) is 13.2. The molecule has 0 atom stereocenters. The average molecular weight is 681 g/mol. The standard InChI is InChI=1S/C49H32N2O2/c1-4-12-33(13-5-1)35-20-26-39(27-21-35)51(40-28-22-36(23-29-40)34-14-6-2-7-15-34)41-30-24-37(25-31-41)46-47-42-18-10-11-19-44(42)52-45(47)32-43-48(46)53-49(50-43)38-16-8-3-9-17-38/h1-32H. The van der Waals surface area contributed by atoms with Gasteiger partial charge >= 0.3 is 0 Å². The van der Waals surface area contributed by atoms with Gasteiger partial charge in [-0.1, -0.05) is 133 Å². The Morgan fingerprint density at radius 2 is 0.830 bits per heavy atom. The van der Waals surface area contributed by atoms with E-state index in [1.54, 1.807) is 0 Å². The first-order valence-corrected chi connectivity index (χ1v) is 17.8. The lowest BCUT2D eigenvalue weighted by Crippen LogP contribution is -2.09. The zero-order valence-corrected chi connectivity index (χ0v) is 28.7. The number of hydrogen-bond donors (Lipinski definition) is 0. The Labute approximate surface area is 306 Å². The van der Waals surface area contributed by atoms with Gasteiger partial charge in [0.2, 0.25) is 5.89 Å². The Morgan fingerprint density at radius 3 is 1.38 bits per heavy atom. The summed E-state index contributed by atoms with van der Waals surface area (Å²) in [6, 6.07) is 67.5. The van der Waals surface area contributed by atoms with Crippen LogP contribution in [0.15, 0.2) is 203 Å². The molecule has 8 aromatic carbocycles. The van der Waals surface area contributed by atoms with Gasteiger partial charge in [-0.05, 0) is 82.4 Å². The third kappa shape index (κ3) is 5.54. The first-order valence-electron chi connectivity index (χ1n) is 17.8. The third-order valence-electron chi connectivity index (χ3n) is 9.92. The van der Waals surface area contributed by atoms with E-state index in [1.165, 1.54) is 22.3 Å². The van der Waals surface area contributed by atoms with Crippen molar-refractivity contribution in [2.45, 2.75) is 0 Å². The van der Waals surface area contributed by atoms with Crippen LogP contribution in [-0.2, 0) is 0 Å². The summed E-state index contributed by atoms with van der Waals surface area (Å²) in [4.78, 5) is 7.24. The molecule has 250 valence electrons. The molecule has 0 aliphatic heterocycles. The molecule has 4 heteroatoms. The lowest BCUT2D eigenvalue weighted by molar-refractivity contribution is 0.621. The number of aromatic nitrogens is 1. The Kier molecular flexibility index (Phi) is 7.43. The van der Waals surface area contributed by atoms with Crippen LogP contribution in [0.3, 0.4) is 0 Å². The van der Waals surface area contributed by atoms with Gasteiger partial charge in [-0.3, -0.25) is 0 Å². The first-order chi connectivity index (χ1) is 26.3. The van der Waals surface area contributed by atoms with Crippen LogP contribution < -0.4 is 4.90 Å². The molecule has 0 spiro atoms. The molecule has 2 heterocycles. The maximum atomic E-state index is 6.61. The smallest absolute Gasteiger partial charge is 0.227 e. The van der Waals surface area contributed by atoms with Crippen LogP contribution in [0.2, 0.25) is 0 Å². The molecule has 0 N–H and O–H groups in total. The summed E-state index contributed by atoms with van der Waals surface area (Å²) in [6.45, 7) is 0. The Balaban J connectivity index is 1.11. The molecule has 0 bridgehead atoms. The summed E-state index contributed by atoms with van der Waals surface area (Å²) in [5, 5.41) is 2.06. The monoisotopic (exact) mass is 680 g/mol. The molecule has 10 rings (SSSR count). The molecule has 0 aliphatic rings. The van der Waals surface area contributed by atoms with Gasteiger partial charge in [-0.15, -0.1) is 0 Å². The van der Waals surface area contributed by atoms with Crippen molar-refractivity contribution in [3.05, 3.63) is 194 Å². The fraction of sp³-hybridized carbons (Fsp3) is 0. The number of oxazole rings is 1. The van der Waals surface area contributed by atoms with Gasteiger partial charge in [0.1, 0.15) is 16.7 Å². The van der Waals surface area contributed by atoms with Crippen molar-refractivity contribution in [1.82, 2.24) is 4.98 Å². The van der Waals surface area contributed by atoms with E-state index in [9.17, 15) is 0 Å². The summed E-state index contributed by atoms with van der Waals surface area (Å²) in [5.41, 5.74) is 13.9. The minimum Gasteiger partial charge on any atom is -0.456 e. The van der Waals surface area contributed by atoms with E-state index in [0.29, 0.717) is 5.89 Å². The number of nitrogens with zero attached hydrogens (tertiary/aromatic N) is 2. The minimum atomic E-state index is 0.583. The van der Waals surface area contributed by atoms with Gasteiger partial charge < -0.3 is 13.7 Å². The highest BCUT2D eigenvalue weighted by Crippen LogP contribution is 2.44. The molecular weight excluding hydrogens is 649 g/mol. The Morgan fingerprint density at radius 1 is 0.377 bits per heavy atom. The lowest BCUT2D eigenvalue weighted by Gasteiger charge is -2.26. The predicted molar refractivity (Wildman–Crippen MR) is 218 cm³/mol. The zero-order chi connectivity index (χ0) is 35.1. The van der Waals surface area contributed by atoms with Crippen molar-refractivity contribution in [2.24, 2.45) is 0 Å². The highest BCUT2D eigenvalue weighted by molar-refractivity contribution is 6.19. The van der Waals surface area contributed by atoms with E-state index >= 15 is 0 Å². The summed E-state index contributed by atoms with van der Waals surface area (Å²) in [7, 11) is 0. The molecule has 4 nitrogen and oxygen atoms in total. The number of hydrogen-bond acceptors (Lipinski definition) is 4. The van der Waals surface area contributed by atoms with Crippen molar-refractivity contribution in [3.8, 4) is 44.8 Å². The topological polar surface area (TPSA) is 42.4 Å². The van der Waals surface area contributed by atoms with Gasteiger partial charge in [-0.25, -0.2) is 4.98 Å². The van der Waals surface area contributed by atoms with Crippen molar-refractivity contribution >= 4 is 50.1 Å². The molecule has 0 saturated heterocycles. The van der Waals surface area contributed by atoms with Crippen LogP contribution in [0.25, 0.3) is 77.9 Å². The molecule has 0 amide bonds. The van der Waals surface area contributed by atoms with Crippen molar-refractivity contribution in [1.29, 1.82) is 0 Å². The van der Waals surface area contributed by atoms with Crippen molar-refractivity contribution in [2.75, 3.05) is 4.90 Å². The molecular formula is C49H32N2O2. The van der Waals surface area contributed by atoms with E-state index in [0.717, 1.165) is 66.8 Å². The van der Waals surface area contributed by atoms with Crippen LogP contribution in [0.4, 0.5) is 17.1 Å². The van der Waals surface area contributed by atoms with Crippen LogP contribution in [0, 0.1) is 0 Å². The zero-order valence-electron chi connectivity index (χ0n) is 28.7. The second kappa shape index (κ2) is 12.9. The number of para-hydroxylation sites is 1. The van der Waals surface area contributed by atoms with Crippen LogP contribution >= 0.6 is 0 Å². The maximum Gasteiger partial charge on any atom is 0.227 e. The third-order valence-corrected chi connectivity index (χ3v) is 9.92. The number of fused-ring (bicyclic) bond motifs is 4. The molecule has 0 aliphatic carbocycles. The lowest BCUT2D eigenvalue weighted by atomic mass is 9.97. The molecule has 0 radical (unpaired) electrons. The fourth-order valence-electron chi connectivity index (χ4n) is 7.34. The molecule has 0 saturated carbocycles. The van der Waals surface area contributed by atoms with Crippen LogP contribution in [-0.4, -0.2) is 4.98 Å². The van der Waals surface area contributed by atoms with Gasteiger partial charge in [-0.2, -0.15) is 0 Å². The average Bonchev–Trinajstić information content (AvgIpc) is 3.83. The Bertz CT molecular complexity index is 2760. The van der Waals surface area contributed by atoms with E-state index in [2.05, 4.69) is 132 Å². The molecule has 0 fully saturated rings. The SMILES string of the molecule is c1ccc(-c2ccc(N(c3ccc(-c4ccccc4)cc3)c3ccc(-c4c5oc(-c6ccccc6)nc5cc5oc6ccccc6c45)cc3)cc2)cc1. The minimum absolute atomic E-state index is 0.583. The van der Waals surface area contributed by atoms with E-state index in [1.807, 2.05) is 66.7 Å².